The second kappa shape index (κ2) is 7.57. The van der Waals surface area contributed by atoms with Gasteiger partial charge in [0, 0.05) is 10.7 Å². The highest BCUT2D eigenvalue weighted by Crippen LogP contribution is 2.35. The summed E-state index contributed by atoms with van der Waals surface area (Å²) in [5, 5.41) is 3.62. The third kappa shape index (κ3) is 3.55. The van der Waals surface area contributed by atoms with Crippen LogP contribution in [0, 0.1) is 13.8 Å². The minimum Gasteiger partial charge on any atom is -0.350 e. The Morgan fingerprint density at radius 2 is 1.59 bits per heavy atom. The summed E-state index contributed by atoms with van der Waals surface area (Å²) in [4.78, 5) is 27.9. The van der Waals surface area contributed by atoms with Crippen molar-refractivity contribution in [1.29, 1.82) is 0 Å². The molecule has 0 spiro atoms. The SMILES string of the molecule is Cc1ccc(C2=C(Nc3ccccc3)C(=O)N(c3cccc(Cl)c3)C2=O)c(C)c1. The molecule has 0 saturated heterocycles. The number of anilines is 2. The number of rotatable bonds is 4. The summed E-state index contributed by atoms with van der Waals surface area (Å²) in [6, 6.07) is 21.9. The second-order valence-corrected chi connectivity index (χ2v) is 7.42. The average Bonchev–Trinajstić information content (AvgIpc) is 2.93. The van der Waals surface area contributed by atoms with Crippen LogP contribution in [0.5, 0.6) is 0 Å². The highest BCUT2D eigenvalue weighted by atomic mass is 35.5. The highest BCUT2D eigenvalue weighted by Gasteiger charge is 2.40. The van der Waals surface area contributed by atoms with Crippen LogP contribution < -0.4 is 10.2 Å². The van der Waals surface area contributed by atoms with Gasteiger partial charge < -0.3 is 5.32 Å². The highest BCUT2D eigenvalue weighted by molar-refractivity contribution is 6.46. The first-order valence-electron chi connectivity index (χ1n) is 9.24. The van der Waals surface area contributed by atoms with Crippen molar-refractivity contribution in [3.63, 3.8) is 0 Å². The third-order valence-electron chi connectivity index (χ3n) is 4.84. The summed E-state index contributed by atoms with van der Waals surface area (Å²) in [7, 11) is 0. The van der Waals surface area contributed by atoms with Crippen LogP contribution in [0.4, 0.5) is 11.4 Å². The van der Waals surface area contributed by atoms with Crippen LogP contribution in [-0.4, -0.2) is 11.8 Å². The molecule has 0 saturated carbocycles. The molecule has 1 aliphatic rings. The Labute approximate surface area is 174 Å². The Hall–Kier alpha value is -3.37. The quantitative estimate of drug-likeness (QED) is 0.598. The van der Waals surface area contributed by atoms with Gasteiger partial charge in [0.2, 0.25) is 0 Å². The molecule has 144 valence electrons. The van der Waals surface area contributed by atoms with Gasteiger partial charge in [0.15, 0.2) is 0 Å². The van der Waals surface area contributed by atoms with Gasteiger partial charge in [-0.05, 0) is 55.3 Å². The molecule has 0 aliphatic carbocycles. The van der Waals surface area contributed by atoms with Crippen molar-refractivity contribution < 1.29 is 9.59 Å². The fourth-order valence-electron chi connectivity index (χ4n) is 3.51. The molecule has 0 fully saturated rings. The Kier molecular flexibility index (Phi) is 4.95. The number of nitrogens with zero attached hydrogens (tertiary/aromatic N) is 1. The van der Waals surface area contributed by atoms with Crippen LogP contribution in [-0.2, 0) is 9.59 Å². The summed E-state index contributed by atoms with van der Waals surface area (Å²) < 4.78 is 0. The van der Waals surface area contributed by atoms with Gasteiger partial charge in [-0.25, -0.2) is 4.90 Å². The molecule has 0 atom stereocenters. The Morgan fingerprint density at radius 1 is 0.828 bits per heavy atom. The first-order valence-corrected chi connectivity index (χ1v) is 9.62. The van der Waals surface area contributed by atoms with E-state index in [4.69, 9.17) is 11.6 Å². The van der Waals surface area contributed by atoms with E-state index < -0.39 is 5.91 Å². The van der Waals surface area contributed by atoms with E-state index in [9.17, 15) is 9.59 Å². The number of hydrogen-bond donors (Lipinski definition) is 1. The molecule has 0 radical (unpaired) electrons. The topological polar surface area (TPSA) is 49.4 Å². The van der Waals surface area contributed by atoms with Gasteiger partial charge in [0.05, 0.1) is 11.3 Å². The van der Waals surface area contributed by atoms with E-state index in [2.05, 4.69) is 5.32 Å². The van der Waals surface area contributed by atoms with Crippen molar-refractivity contribution in [2.45, 2.75) is 13.8 Å². The van der Waals surface area contributed by atoms with E-state index in [1.807, 2.05) is 62.4 Å². The minimum atomic E-state index is -0.406. The summed E-state index contributed by atoms with van der Waals surface area (Å²) in [6.45, 7) is 3.93. The third-order valence-corrected chi connectivity index (χ3v) is 5.08. The van der Waals surface area contributed by atoms with Crippen LogP contribution in [0.1, 0.15) is 16.7 Å². The van der Waals surface area contributed by atoms with Crippen LogP contribution in [0.3, 0.4) is 0 Å². The maximum absolute atomic E-state index is 13.4. The molecule has 2 amide bonds. The zero-order chi connectivity index (χ0) is 20.5. The molecule has 4 nitrogen and oxygen atoms in total. The van der Waals surface area contributed by atoms with Crippen molar-refractivity contribution in [2.75, 3.05) is 10.2 Å². The van der Waals surface area contributed by atoms with Crippen molar-refractivity contribution in [1.82, 2.24) is 0 Å². The summed E-state index contributed by atoms with van der Waals surface area (Å²) in [6.07, 6.45) is 0. The molecule has 29 heavy (non-hydrogen) atoms. The molecule has 5 heteroatoms. The predicted molar refractivity (Wildman–Crippen MR) is 117 cm³/mol. The van der Waals surface area contributed by atoms with E-state index in [-0.39, 0.29) is 11.6 Å². The predicted octanol–water partition coefficient (Wildman–Crippen LogP) is 5.35. The van der Waals surface area contributed by atoms with Crippen molar-refractivity contribution in [3.05, 3.63) is 100 Å². The van der Waals surface area contributed by atoms with Crippen molar-refractivity contribution in [2.24, 2.45) is 0 Å². The maximum atomic E-state index is 13.4. The van der Waals surface area contributed by atoms with E-state index in [0.29, 0.717) is 16.3 Å². The molecular weight excluding hydrogens is 384 g/mol. The first-order chi connectivity index (χ1) is 14.0. The number of imide groups is 1. The summed E-state index contributed by atoms with van der Waals surface area (Å²) in [5.41, 5.74) is 4.55. The Morgan fingerprint density at radius 3 is 2.28 bits per heavy atom. The molecule has 0 unspecified atom stereocenters. The monoisotopic (exact) mass is 402 g/mol. The number of benzene rings is 3. The van der Waals surface area contributed by atoms with Crippen LogP contribution in [0.2, 0.25) is 5.02 Å². The lowest BCUT2D eigenvalue weighted by atomic mass is 9.97. The maximum Gasteiger partial charge on any atom is 0.282 e. The second-order valence-electron chi connectivity index (χ2n) is 6.98. The fraction of sp³-hybridized carbons (Fsp3) is 0.0833. The molecule has 1 aliphatic heterocycles. The Balaban J connectivity index is 1.87. The lowest BCUT2D eigenvalue weighted by molar-refractivity contribution is -0.120. The summed E-state index contributed by atoms with van der Waals surface area (Å²) >= 11 is 6.10. The lowest BCUT2D eigenvalue weighted by Gasteiger charge is -2.16. The smallest absolute Gasteiger partial charge is 0.282 e. The number of halogens is 1. The molecule has 3 aromatic carbocycles. The number of nitrogens with one attached hydrogen (secondary N) is 1. The van der Waals surface area contributed by atoms with Gasteiger partial charge in [-0.15, -0.1) is 0 Å². The first kappa shape index (κ1) is 19.0. The average molecular weight is 403 g/mol. The van der Waals surface area contributed by atoms with Crippen molar-refractivity contribution in [3.8, 4) is 0 Å². The minimum absolute atomic E-state index is 0.258. The zero-order valence-corrected chi connectivity index (χ0v) is 16.8. The molecule has 1 N–H and O–H groups in total. The molecule has 0 bridgehead atoms. The Bertz CT molecular complexity index is 1150. The van der Waals surface area contributed by atoms with Gasteiger partial charge in [0.25, 0.3) is 11.8 Å². The van der Waals surface area contributed by atoms with Gasteiger partial charge >= 0.3 is 0 Å². The van der Waals surface area contributed by atoms with E-state index in [1.165, 1.54) is 4.90 Å². The van der Waals surface area contributed by atoms with Gasteiger partial charge in [-0.3, -0.25) is 9.59 Å². The molecule has 1 heterocycles. The molecular formula is C24H19ClN2O2. The van der Waals surface area contributed by atoms with Crippen molar-refractivity contribution >= 4 is 40.4 Å². The number of para-hydroxylation sites is 1. The van der Waals surface area contributed by atoms with Gasteiger partial charge in [-0.2, -0.15) is 0 Å². The molecule has 3 aromatic rings. The largest absolute Gasteiger partial charge is 0.350 e. The zero-order valence-electron chi connectivity index (χ0n) is 16.1. The van der Waals surface area contributed by atoms with Gasteiger partial charge in [0.1, 0.15) is 5.70 Å². The number of carbonyl (C=O) groups is 2. The standard InChI is InChI=1S/C24H19ClN2O2/c1-15-11-12-20(16(2)13-15)21-22(26-18-8-4-3-5-9-18)24(29)27(23(21)28)19-10-6-7-17(25)14-19/h3-14,26H,1-2H3. The van der Waals surface area contributed by atoms with E-state index in [1.54, 1.807) is 24.3 Å². The van der Waals surface area contributed by atoms with E-state index >= 15 is 0 Å². The van der Waals surface area contributed by atoms with Crippen LogP contribution in [0.25, 0.3) is 5.57 Å². The molecule has 0 aromatic heterocycles. The normalized spacial score (nSPS) is 14.0. The number of hydrogen-bond acceptors (Lipinski definition) is 3. The van der Waals surface area contributed by atoms with Crippen LogP contribution in [0.15, 0.2) is 78.5 Å². The number of aryl methyl sites for hydroxylation is 2. The lowest BCUT2D eigenvalue weighted by Crippen LogP contribution is -2.32. The number of amides is 2. The van der Waals surface area contributed by atoms with E-state index in [0.717, 1.165) is 22.4 Å². The van der Waals surface area contributed by atoms with Crippen LogP contribution >= 0.6 is 11.6 Å². The summed E-state index contributed by atoms with van der Waals surface area (Å²) in [5.74, 6) is -0.779. The van der Waals surface area contributed by atoms with Gasteiger partial charge in [-0.1, -0.05) is 59.6 Å². The number of carbonyl (C=O) groups excluding carboxylic acids is 2. The molecule has 4 rings (SSSR count). The fourth-order valence-corrected chi connectivity index (χ4v) is 3.69.